The van der Waals surface area contributed by atoms with Crippen molar-refractivity contribution in [3.8, 4) is 0 Å². The van der Waals surface area contributed by atoms with Crippen molar-refractivity contribution < 1.29 is 14.4 Å². The number of allylic oxidation sites excluding steroid dienone is 1. The van der Waals surface area contributed by atoms with Crippen LogP contribution in [-0.4, -0.2) is 57.6 Å². The molecule has 8 nitrogen and oxygen atoms in total. The summed E-state index contributed by atoms with van der Waals surface area (Å²) < 4.78 is 1.51. The van der Waals surface area contributed by atoms with Crippen molar-refractivity contribution in [2.45, 2.75) is 82.8 Å². The predicted octanol–water partition coefficient (Wildman–Crippen LogP) is 2.41. The van der Waals surface area contributed by atoms with E-state index in [2.05, 4.69) is 21.8 Å². The lowest BCUT2D eigenvalue weighted by atomic mass is 9.95. The second-order valence-corrected chi connectivity index (χ2v) is 9.28. The molecule has 1 atom stereocenters. The van der Waals surface area contributed by atoms with Crippen molar-refractivity contribution in [1.82, 2.24) is 25.3 Å². The number of carbonyl (C=O) groups is 3. The quantitative estimate of drug-likeness (QED) is 0.682. The number of carbonyl (C=O) groups excluding carboxylic acids is 3. The number of nitrogens with one attached hydrogen (secondary N) is 2. The molecule has 3 amide bonds. The summed E-state index contributed by atoms with van der Waals surface area (Å²) in [7, 11) is 1.64. The lowest BCUT2D eigenvalue weighted by molar-refractivity contribution is -0.133. The van der Waals surface area contributed by atoms with E-state index < -0.39 is 5.54 Å². The minimum atomic E-state index is -1.04. The van der Waals surface area contributed by atoms with Crippen LogP contribution in [0.25, 0.3) is 0 Å². The maximum atomic E-state index is 13.0. The van der Waals surface area contributed by atoms with Crippen LogP contribution in [0.15, 0.2) is 17.7 Å². The molecule has 0 aromatic carbocycles. The molecule has 2 N–H and O–H groups in total. The fraction of sp³-hybridized carbons (Fsp3) is 0.652. The Morgan fingerprint density at radius 2 is 2.00 bits per heavy atom. The molecule has 3 aliphatic rings. The minimum Gasteiger partial charge on any atom is -0.351 e. The molecular weight excluding hydrogens is 394 g/mol. The van der Waals surface area contributed by atoms with Gasteiger partial charge in [-0.15, -0.1) is 0 Å². The molecule has 2 heterocycles. The Morgan fingerprint density at radius 3 is 2.71 bits per heavy atom. The zero-order chi connectivity index (χ0) is 22.0. The SMILES string of the molecule is CN1C(=O)c2cc(C(=O)NCCC3=CCCCC3)nn2C[C@@]1(C)C(=O)NC1CCCC1. The summed E-state index contributed by atoms with van der Waals surface area (Å²) >= 11 is 0. The Balaban J connectivity index is 1.42. The first-order valence-corrected chi connectivity index (χ1v) is 11.5. The fourth-order valence-electron chi connectivity index (χ4n) is 4.81. The Bertz CT molecular complexity index is 899. The number of hydrogen-bond donors (Lipinski definition) is 2. The topological polar surface area (TPSA) is 96.3 Å². The molecule has 0 spiro atoms. The second-order valence-electron chi connectivity index (χ2n) is 9.28. The summed E-state index contributed by atoms with van der Waals surface area (Å²) in [6.07, 6.45) is 12.0. The molecule has 1 aromatic rings. The van der Waals surface area contributed by atoms with Gasteiger partial charge in [0.25, 0.3) is 11.8 Å². The third kappa shape index (κ3) is 4.38. The Kier molecular flexibility index (Phi) is 6.16. The van der Waals surface area contributed by atoms with Crippen LogP contribution < -0.4 is 10.6 Å². The van der Waals surface area contributed by atoms with E-state index in [1.54, 1.807) is 14.0 Å². The van der Waals surface area contributed by atoms with Crippen LogP contribution in [-0.2, 0) is 11.3 Å². The first kappa shape index (κ1) is 21.6. The number of nitrogens with zero attached hydrogens (tertiary/aromatic N) is 3. The van der Waals surface area contributed by atoms with E-state index in [0.29, 0.717) is 12.2 Å². The van der Waals surface area contributed by atoms with Gasteiger partial charge in [-0.1, -0.05) is 24.5 Å². The van der Waals surface area contributed by atoms with Crippen LogP contribution in [0.1, 0.15) is 85.7 Å². The van der Waals surface area contributed by atoms with Crippen molar-refractivity contribution >= 4 is 17.7 Å². The third-order valence-electron chi connectivity index (χ3n) is 7.03. The Morgan fingerprint density at radius 1 is 1.23 bits per heavy atom. The minimum absolute atomic E-state index is 0.164. The van der Waals surface area contributed by atoms with Gasteiger partial charge in [-0.05, 0) is 51.9 Å². The fourth-order valence-corrected chi connectivity index (χ4v) is 4.81. The van der Waals surface area contributed by atoms with Crippen molar-refractivity contribution in [2.75, 3.05) is 13.6 Å². The van der Waals surface area contributed by atoms with Crippen molar-refractivity contribution in [2.24, 2.45) is 0 Å². The number of amides is 3. The highest BCUT2D eigenvalue weighted by molar-refractivity contribution is 6.01. The summed E-state index contributed by atoms with van der Waals surface area (Å²) in [4.78, 5) is 40.1. The molecule has 0 bridgehead atoms. The van der Waals surface area contributed by atoms with Crippen LogP contribution >= 0.6 is 0 Å². The van der Waals surface area contributed by atoms with E-state index in [-0.39, 0.29) is 36.0 Å². The zero-order valence-electron chi connectivity index (χ0n) is 18.6. The summed E-state index contributed by atoms with van der Waals surface area (Å²) in [5, 5.41) is 10.4. The molecular formula is C23H33N5O3. The lowest BCUT2D eigenvalue weighted by Gasteiger charge is -2.41. The summed E-state index contributed by atoms with van der Waals surface area (Å²) in [5.74, 6) is -0.747. The van der Waals surface area contributed by atoms with Gasteiger partial charge in [0.1, 0.15) is 11.2 Å². The first-order chi connectivity index (χ1) is 14.9. The highest BCUT2D eigenvalue weighted by Crippen LogP contribution is 2.27. The van der Waals surface area contributed by atoms with Gasteiger partial charge >= 0.3 is 0 Å². The molecule has 0 radical (unpaired) electrons. The molecule has 1 aliphatic heterocycles. The van der Waals surface area contributed by atoms with E-state index in [1.165, 1.54) is 34.1 Å². The summed E-state index contributed by atoms with van der Waals surface area (Å²) in [6, 6.07) is 1.70. The molecule has 31 heavy (non-hydrogen) atoms. The van der Waals surface area contributed by atoms with Crippen molar-refractivity contribution in [3.63, 3.8) is 0 Å². The number of rotatable bonds is 6. The van der Waals surface area contributed by atoms with Gasteiger partial charge in [-0.3, -0.25) is 19.1 Å². The summed E-state index contributed by atoms with van der Waals surface area (Å²) in [6.45, 7) is 2.54. The lowest BCUT2D eigenvalue weighted by Crippen LogP contribution is -2.63. The molecule has 1 aromatic heterocycles. The van der Waals surface area contributed by atoms with E-state index in [1.807, 2.05) is 0 Å². The van der Waals surface area contributed by atoms with Crippen molar-refractivity contribution in [3.05, 3.63) is 29.1 Å². The average Bonchev–Trinajstić information content (AvgIpc) is 3.43. The van der Waals surface area contributed by atoms with E-state index in [9.17, 15) is 14.4 Å². The number of aromatic nitrogens is 2. The van der Waals surface area contributed by atoms with Crippen LogP contribution in [0.3, 0.4) is 0 Å². The van der Waals surface area contributed by atoms with Gasteiger partial charge in [0.05, 0.1) is 6.54 Å². The average molecular weight is 428 g/mol. The molecule has 168 valence electrons. The Labute approximate surface area is 183 Å². The van der Waals surface area contributed by atoms with Gasteiger partial charge in [-0.2, -0.15) is 5.10 Å². The predicted molar refractivity (Wildman–Crippen MR) is 117 cm³/mol. The van der Waals surface area contributed by atoms with E-state index >= 15 is 0 Å². The Hall–Kier alpha value is -2.64. The molecule has 0 saturated heterocycles. The molecule has 1 fully saturated rings. The van der Waals surface area contributed by atoms with Gasteiger partial charge in [0, 0.05) is 25.7 Å². The smallest absolute Gasteiger partial charge is 0.272 e. The molecule has 4 rings (SSSR count). The molecule has 2 aliphatic carbocycles. The van der Waals surface area contributed by atoms with E-state index in [4.69, 9.17) is 0 Å². The summed E-state index contributed by atoms with van der Waals surface area (Å²) in [5.41, 5.74) is 0.917. The first-order valence-electron chi connectivity index (χ1n) is 11.5. The monoisotopic (exact) mass is 427 g/mol. The highest BCUT2D eigenvalue weighted by Gasteiger charge is 2.46. The van der Waals surface area contributed by atoms with Crippen LogP contribution in [0, 0.1) is 0 Å². The van der Waals surface area contributed by atoms with Crippen LogP contribution in [0.4, 0.5) is 0 Å². The number of hydrogen-bond acceptors (Lipinski definition) is 4. The number of likely N-dealkylation sites (N-methyl/N-ethyl adjacent to an activating group) is 1. The normalized spacial score (nSPS) is 24.0. The standard InChI is InChI=1S/C23H33N5O3/c1-23(22(31)25-17-10-6-7-11-17)15-28-19(21(30)27(23)2)14-18(26-28)20(29)24-13-12-16-8-4-3-5-9-16/h8,14,17H,3-7,9-13,15H2,1-2H3,(H,24,29)(H,25,31)/t23-/m0/s1. The maximum Gasteiger partial charge on any atom is 0.272 e. The molecule has 1 saturated carbocycles. The third-order valence-corrected chi connectivity index (χ3v) is 7.03. The van der Waals surface area contributed by atoms with Crippen molar-refractivity contribution in [1.29, 1.82) is 0 Å². The molecule has 0 unspecified atom stereocenters. The largest absolute Gasteiger partial charge is 0.351 e. The zero-order valence-corrected chi connectivity index (χ0v) is 18.6. The van der Waals surface area contributed by atoms with Crippen LogP contribution in [0.5, 0.6) is 0 Å². The van der Waals surface area contributed by atoms with Gasteiger partial charge < -0.3 is 15.5 Å². The van der Waals surface area contributed by atoms with Crippen LogP contribution in [0.2, 0.25) is 0 Å². The van der Waals surface area contributed by atoms with Gasteiger partial charge in [0.2, 0.25) is 5.91 Å². The second kappa shape index (κ2) is 8.85. The van der Waals surface area contributed by atoms with Gasteiger partial charge in [0.15, 0.2) is 5.69 Å². The maximum absolute atomic E-state index is 13.0. The van der Waals surface area contributed by atoms with Gasteiger partial charge in [-0.25, -0.2) is 0 Å². The number of fused-ring (bicyclic) bond motifs is 1. The highest BCUT2D eigenvalue weighted by atomic mass is 16.2. The molecule has 8 heteroatoms. The van der Waals surface area contributed by atoms with E-state index in [0.717, 1.165) is 44.9 Å².